The molecule has 1 amide bonds. The van der Waals surface area contributed by atoms with Crippen molar-refractivity contribution in [3.05, 3.63) is 65.7 Å². The predicted octanol–water partition coefficient (Wildman–Crippen LogP) is 3.43. The van der Waals surface area contributed by atoms with Gasteiger partial charge in [0.25, 0.3) is 5.91 Å². The number of hydrogen-bond donors (Lipinski definition) is 1. The van der Waals surface area contributed by atoms with Gasteiger partial charge in [0.05, 0.1) is 4.90 Å². The van der Waals surface area contributed by atoms with E-state index in [1.807, 2.05) is 37.3 Å². The minimum absolute atomic E-state index is 0.0917. The van der Waals surface area contributed by atoms with Crippen molar-refractivity contribution in [1.82, 2.24) is 9.62 Å². The Bertz CT molecular complexity index is 856. The van der Waals surface area contributed by atoms with Crippen LogP contribution in [0, 0.1) is 0 Å². The Morgan fingerprint density at radius 1 is 1.04 bits per heavy atom. The number of carbonyl (C=O) groups excluding carboxylic acids is 1. The zero-order chi connectivity index (χ0) is 19.4. The normalized spacial score (nSPS) is 12.0. The first kappa shape index (κ1) is 20.1. The Balaban J connectivity index is 2.26. The number of benzene rings is 2. The first-order valence-corrected chi connectivity index (χ1v) is 10.1. The average molecular weight is 375 g/mol. The molecule has 1 N–H and O–H groups in total. The average Bonchev–Trinajstić information content (AvgIpc) is 2.58. The lowest BCUT2D eigenvalue weighted by Gasteiger charge is -2.22. The Morgan fingerprint density at radius 2 is 1.69 bits per heavy atom. The molecule has 2 aromatic carbocycles. The monoisotopic (exact) mass is 374 g/mol. The van der Waals surface area contributed by atoms with Gasteiger partial charge in [0.2, 0.25) is 10.0 Å². The smallest absolute Gasteiger partial charge is 0.254 e. The van der Waals surface area contributed by atoms with Crippen LogP contribution < -0.4 is 4.72 Å². The molecule has 0 saturated heterocycles. The van der Waals surface area contributed by atoms with Crippen LogP contribution in [0.3, 0.4) is 0 Å². The third-order valence-electron chi connectivity index (χ3n) is 3.72. The second-order valence-corrected chi connectivity index (χ2v) is 8.87. The standard InChI is InChI=1S/C20H26N2O3S/c1-5-22(15-16-10-7-6-8-11-16)19(23)17-12-9-13-18(14-17)26(24,25)21-20(2,3)4/h6-14,21H,5,15H2,1-4H3. The van der Waals surface area contributed by atoms with Crippen molar-refractivity contribution in [2.75, 3.05) is 6.54 Å². The third-order valence-corrected chi connectivity index (χ3v) is 5.47. The number of sulfonamides is 1. The molecule has 0 atom stereocenters. The van der Waals surface area contributed by atoms with Crippen molar-refractivity contribution in [2.45, 2.75) is 44.7 Å². The van der Waals surface area contributed by atoms with E-state index >= 15 is 0 Å². The van der Waals surface area contributed by atoms with E-state index in [4.69, 9.17) is 0 Å². The molecule has 0 bridgehead atoms. The van der Waals surface area contributed by atoms with Crippen molar-refractivity contribution in [3.63, 3.8) is 0 Å². The summed E-state index contributed by atoms with van der Waals surface area (Å²) in [7, 11) is -3.69. The highest BCUT2D eigenvalue weighted by molar-refractivity contribution is 7.89. The fourth-order valence-corrected chi connectivity index (χ4v) is 4.04. The molecule has 2 rings (SSSR count). The Hall–Kier alpha value is -2.18. The van der Waals surface area contributed by atoms with Crippen LogP contribution in [0.5, 0.6) is 0 Å². The molecular weight excluding hydrogens is 348 g/mol. The SMILES string of the molecule is CCN(Cc1ccccc1)C(=O)c1cccc(S(=O)(=O)NC(C)(C)C)c1. The molecule has 0 fully saturated rings. The summed E-state index contributed by atoms with van der Waals surface area (Å²) in [6.45, 7) is 8.25. The Labute approximate surface area is 156 Å². The summed E-state index contributed by atoms with van der Waals surface area (Å²) >= 11 is 0. The van der Waals surface area contributed by atoms with E-state index in [1.54, 1.807) is 37.8 Å². The highest BCUT2D eigenvalue weighted by Crippen LogP contribution is 2.17. The van der Waals surface area contributed by atoms with Gasteiger partial charge in [0.15, 0.2) is 0 Å². The van der Waals surface area contributed by atoms with E-state index in [0.717, 1.165) is 5.56 Å². The molecule has 6 heteroatoms. The van der Waals surface area contributed by atoms with Gasteiger partial charge in [0, 0.05) is 24.2 Å². The molecule has 0 spiro atoms. The van der Waals surface area contributed by atoms with E-state index in [1.165, 1.54) is 12.1 Å². The number of nitrogens with zero attached hydrogens (tertiary/aromatic N) is 1. The van der Waals surface area contributed by atoms with Gasteiger partial charge in [-0.05, 0) is 51.5 Å². The van der Waals surface area contributed by atoms with Crippen LogP contribution in [0.25, 0.3) is 0 Å². The highest BCUT2D eigenvalue weighted by Gasteiger charge is 2.23. The summed E-state index contributed by atoms with van der Waals surface area (Å²) < 4.78 is 27.6. The van der Waals surface area contributed by atoms with Crippen LogP contribution in [0.4, 0.5) is 0 Å². The molecule has 0 radical (unpaired) electrons. The molecule has 0 heterocycles. The van der Waals surface area contributed by atoms with E-state index in [-0.39, 0.29) is 10.8 Å². The van der Waals surface area contributed by atoms with Gasteiger partial charge in [-0.25, -0.2) is 13.1 Å². The van der Waals surface area contributed by atoms with Crippen molar-refractivity contribution in [3.8, 4) is 0 Å². The summed E-state index contributed by atoms with van der Waals surface area (Å²) in [6.07, 6.45) is 0. The largest absolute Gasteiger partial charge is 0.335 e. The van der Waals surface area contributed by atoms with Crippen molar-refractivity contribution in [2.24, 2.45) is 0 Å². The molecule has 0 saturated carbocycles. The van der Waals surface area contributed by atoms with Crippen molar-refractivity contribution < 1.29 is 13.2 Å². The molecule has 26 heavy (non-hydrogen) atoms. The van der Waals surface area contributed by atoms with E-state index in [2.05, 4.69) is 4.72 Å². The second-order valence-electron chi connectivity index (χ2n) is 7.19. The van der Waals surface area contributed by atoms with Crippen LogP contribution in [0.1, 0.15) is 43.6 Å². The van der Waals surface area contributed by atoms with E-state index < -0.39 is 15.6 Å². The van der Waals surface area contributed by atoms with Crippen molar-refractivity contribution >= 4 is 15.9 Å². The number of nitrogens with one attached hydrogen (secondary N) is 1. The van der Waals surface area contributed by atoms with Gasteiger partial charge in [-0.3, -0.25) is 4.79 Å². The minimum atomic E-state index is -3.69. The molecule has 5 nitrogen and oxygen atoms in total. The lowest BCUT2D eigenvalue weighted by molar-refractivity contribution is 0.0752. The molecule has 2 aromatic rings. The van der Waals surface area contributed by atoms with E-state index in [9.17, 15) is 13.2 Å². The van der Waals surface area contributed by atoms with Crippen molar-refractivity contribution in [1.29, 1.82) is 0 Å². The first-order chi connectivity index (χ1) is 12.1. The number of carbonyl (C=O) groups is 1. The summed E-state index contributed by atoms with van der Waals surface area (Å²) in [5.41, 5.74) is 0.794. The van der Waals surface area contributed by atoms with Crippen LogP contribution in [-0.4, -0.2) is 31.3 Å². The zero-order valence-corrected chi connectivity index (χ0v) is 16.5. The van der Waals surface area contributed by atoms with E-state index in [0.29, 0.717) is 18.7 Å². The summed E-state index contributed by atoms with van der Waals surface area (Å²) in [6, 6.07) is 15.9. The van der Waals surface area contributed by atoms with Gasteiger partial charge in [-0.15, -0.1) is 0 Å². The quantitative estimate of drug-likeness (QED) is 0.842. The fraction of sp³-hybridized carbons (Fsp3) is 0.350. The number of hydrogen-bond acceptors (Lipinski definition) is 3. The lowest BCUT2D eigenvalue weighted by atomic mass is 10.1. The maximum Gasteiger partial charge on any atom is 0.254 e. The molecular formula is C20H26N2O3S. The van der Waals surface area contributed by atoms with Gasteiger partial charge in [-0.2, -0.15) is 0 Å². The summed E-state index contributed by atoms with van der Waals surface area (Å²) in [5, 5.41) is 0. The molecule has 0 aromatic heterocycles. The Morgan fingerprint density at radius 3 is 2.27 bits per heavy atom. The van der Waals surface area contributed by atoms with Gasteiger partial charge in [0.1, 0.15) is 0 Å². The summed E-state index contributed by atoms with van der Waals surface area (Å²) in [5.74, 6) is -0.191. The topological polar surface area (TPSA) is 66.5 Å². The maximum absolute atomic E-state index is 12.9. The summed E-state index contributed by atoms with van der Waals surface area (Å²) in [4.78, 5) is 14.6. The number of amides is 1. The Kier molecular flexibility index (Phi) is 6.21. The molecule has 140 valence electrons. The predicted molar refractivity (Wildman–Crippen MR) is 103 cm³/mol. The number of rotatable bonds is 6. The zero-order valence-electron chi connectivity index (χ0n) is 15.7. The second kappa shape index (κ2) is 8.01. The highest BCUT2D eigenvalue weighted by atomic mass is 32.2. The fourth-order valence-electron chi connectivity index (χ4n) is 2.57. The van der Waals surface area contributed by atoms with Crippen LogP contribution in [0.2, 0.25) is 0 Å². The molecule has 0 unspecified atom stereocenters. The lowest BCUT2D eigenvalue weighted by Crippen LogP contribution is -2.40. The van der Waals surface area contributed by atoms with Crippen LogP contribution >= 0.6 is 0 Å². The molecule has 0 aliphatic heterocycles. The van der Waals surface area contributed by atoms with Gasteiger partial charge >= 0.3 is 0 Å². The van der Waals surface area contributed by atoms with Crippen LogP contribution in [-0.2, 0) is 16.6 Å². The minimum Gasteiger partial charge on any atom is -0.335 e. The first-order valence-electron chi connectivity index (χ1n) is 8.59. The van der Waals surface area contributed by atoms with Crippen LogP contribution in [0.15, 0.2) is 59.5 Å². The van der Waals surface area contributed by atoms with Gasteiger partial charge < -0.3 is 4.90 Å². The maximum atomic E-state index is 12.9. The molecule has 0 aliphatic rings. The molecule has 0 aliphatic carbocycles. The van der Waals surface area contributed by atoms with Gasteiger partial charge in [-0.1, -0.05) is 36.4 Å². The third kappa shape index (κ3) is 5.41.